The number of aliphatic hydroxyl groups is 2. The van der Waals surface area contributed by atoms with Gasteiger partial charge in [0.15, 0.2) is 17.6 Å². The van der Waals surface area contributed by atoms with Crippen molar-refractivity contribution in [2.75, 3.05) is 53.8 Å². The molecular formula is C56H71N5O8. The van der Waals surface area contributed by atoms with Crippen LogP contribution in [0.15, 0.2) is 66.4 Å². The fourth-order valence-corrected chi connectivity index (χ4v) is 12.6. The Labute approximate surface area is 406 Å². The van der Waals surface area contributed by atoms with Crippen LogP contribution in [0.2, 0.25) is 0 Å². The fourth-order valence-electron chi connectivity index (χ4n) is 12.6. The van der Waals surface area contributed by atoms with E-state index in [4.69, 9.17) is 18.9 Å². The van der Waals surface area contributed by atoms with Gasteiger partial charge in [-0.1, -0.05) is 44.9 Å². The number of hydrogen-bond donors (Lipinski definition) is 9. The number of phenolic OH excluding ortho intramolecular Hbond substituents is 2. The summed E-state index contributed by atoms with van der Waals surface area (Å²) in [6.07, 6.45) is 10.7. The smallest absolute Gasteiger partial charge is 0.160 e. The van der Waals surface area contributed by atoms with Gasteiger partial charge in [0.25, 0.3) is 0 Å². The molecule has 1 aromatic heterocycles. The SMILES string of the molecule is CNCC1=Cc2c(O)ccc3c2[C@H](Cc2c4c(c5c(c2-3)O[C@@H](CO)CC5)O[C@H](c2ccc(O)c(OC)c2)[C@](CNCNC[C@@](C)(O)CC(C)C)(OCNC2CCCC2)C4)[C@H]1c1ccc2[nH]ccc2c1. The van der Waals surface area contributed by atoms with Crippen molar-refractivity contribution in [3.05, 3.63) is 105 Å². The second-order valence-corrected chi connectivity index (χ2v) is 21.0. The summed E-state index contributed by atoms with van der Waals surface area (Å²) in [5.41, 5.74) is 9.51. The van der Waals surface area contributed by atoms with Gasteiger partial charge in [0.05, 0.1) is 26.0 Å². The average molecular weight is 942 g/mol. The first-order valence-corrected chi connectivity index (χ1v) is 25.2. The van der Waals surface area contributed by atoms with E-state index in [-0.39, 0.29) is 29.9 Å². The van der Waals surface area contributed by atoms with Gasteiger partial charge in [0, 0.05) is 78.7 Å². The molecule has 0 radical (unpaired) electrons. The van der Waals surface area contributed by atoms with Crippen molar-refractivity contribution in [1.82, 2.24) is 26.3 Å². The summed E-state index contributed by atoms with van der Waals surface area (Å²) in [5, 5.41) is 60.0. The minimum atomic E-state index is -1.00. The predicted molar refractivity (Wildman–Crippen MR) is 270 cm³/mol. The summed E-state index contributed by atoms with van der Waals surface area (Å²) in [6.45, 7) is 8.17. The Morgan fingerprint density at radius 1 is 0.928 bits per heavy atom. The van der Waals surface area contributed by atoms with E-state index in [0.717, 1.165) is 79.8 Å². The van der Waals surface area contributed by atoms with Crippen LogP contribution < -0.4 is 35.5 Å². The third kappa shape index (κ3) is 9.12. The highest BCUT2D eigenvalue weighted by molar-refractivity contribution is 5.90. The van der Waals surface area contributed by atoms with Gasteiger partial charge in [-0.3, -0.25) is 5.32 Å². The lowest BCUT2D eigenvalue weighted by Gasteiger charge is -2.48. The molecule has 3 heterocycles. The summed E-state index contributed by atoms with van der Waals surface area (Å²) in [4.78, 5) is 3.37. The highest BCUT2D eigenvalue weighted by Gasteiger charge is 2.51. The van der Waals surface area contributed by atoms with Crippen molar-refractivity contribution in [1.29, 1.82) is 0 Å². The number of ether oxygens (including phenoxy) is 4. The van der Waals surface area contributed by atoms with E-state index in [1.54, 1.807) is 13.2 Å². The Morgan fingerprint density at radius 2 is 1.74 bits per heavy atom. The molecule has 5 aromatic rings. The van der Waals surface area contributed by atoms with E-state index in [1.165, 1.54) is 24.0 Å². The third-order valence-electron chi connectivity index (χ3n) is 15.5. The quantitative estimate of drug-likeness (QED) is 0.0307. The maximum atomic E-state index is 11.7. The van der Waals surface area contributed by atoms with Gasteiger partial charge >= 0.3 is 0 Å². The summed E-state index contributed by atoms with van der Waals surface area (Å²) in [6, 6.07) is 18.5. The van der Waals surface area contributed by atoms with Crippen LogP contribution in [0.3, 0.4) is 0 Å². The summed E-state index contributed by atoms with van der Waals surface area (Å²) in [7, 11) is 3.53. The number of benzene rings is 4. The standard InChI is InChI=1S/C56H71N5O8/c1-32(2)24-55(3,65)28-58-30-59-29-56(67-31-61-37-8-6-7-9-37)25-44-41-23-43-49(34-10-15-45-33(20-34)18-19-60-45)36(26-57-4)21-42-46(63)17-14-39(50(42)43)51(41)53-40(13-12-38(27-62)68-53)52(44)69-54(56)35-11-16-47(64)48(22-35)66-5/h10-11,14-22,32,37-38,43,49,54,57-65H,6-9,12-13,23-31H2,1-5H3/t38-,43-,49+,54-,55+,56+/m1/s1. The van der Waals surface area contributed by atoms with Gasteiger partial charge in [-0.15, -0.1) is 0 Å². The van der Waals surface area contributed by atoms with Crippen LogP contribution in [-0.4, -0.2) is 103 Å². The van der Waals surface area contributed by atoms with Crippen LogP contribution in [0.1, 0.15) is 116 Å². The molecule has 3 aliphatic carbocycles. The van der Waals surface area contributed by atoms with Gasteiger partial charge < -0.3 is 60.3 Å². The third-order valence-corrected chi connectivity index (χ3v) is 15.5. The zero-order chi connectivity index (χ0) is 48.0. The lowest BCUT2D eigenvalue weighted by molar-refractivity contribution is -0.131. The molecule has 0 saturated heterocycles. The van der Waals surface area contributed by atoms with Gasteiger partial charge in [0.2, 0.25) is 0 Å². The molecule has 13 heteroatoms. The molecule has 6 atom stereocenters. The Balaban J connectivity index is 1.15. The first kappa shape index (κ1) is 47.6. The van der Waals surface area contributed by atoms with Crippen LogP contribution in [0.25, 0.3) is 28.1 Å². The number of fused-ring (bicyclic) bond motifs is 8. The lowest BCUT2D eigenvalue weighted by atomic mass is 9.62. The zero-order valence-corrected chi connectivity index (χ0v) is 40.8. The maximum Gasteiger partial charge on any atom is 0.160 e. The van der Waals surface area contributed by atoms with E-state index >= 15 is 0 Å². The van der Waals surface area contributed by atoms with Gasteiger partial charge in [0.1, 0.15) is 29.0 Å². The number of rotatable bonds is 18. The van der Waals surface area contributed by atoms with Crippen LogP contribution in [0.4, 0.5) is 0 Å². The van der Waals surface area contributed by atoms with E-state index in [0.29, 0.717) is 82.8 Å². The molecule has 4 aromatic carbocycles. The summed E-state index contributed by atoms with van der Waals surface area (Å²) < 4.78 is 27.6. The average Bonchev–Trinajstić information content (AvgIpc) is 4.04. The van der Waals surface area contributed by atoms with Crippen molar-refractivity contribution in [2.45, 2.75) is 120 Å². The highest BCUT2D eigenvalue weighted by Crippen LogP contribution is 2.61. The molecule has 5 aliphatic rings. The highest BCUT2D eigenvalue weighted by atomic mass is 16.6. The number of H-pyrrole nitrogens is 1. The molecule has 10 rings (SSSR count). The second kappa shape index (κ2) is 19.6. The molecule has 69 heavy (non-hydrogen) atoms. The minimum absolute atomic E-state index is 0.0188. The number of aromatic amines is 1. The topological polar surface area (TPSA) is 182 Å². The molecule has 0 amide bonds. The Hall–Kier alpha value is -5.12. The lowest BCUT2D eigenvalue weighted by Crippen LogP contribution is -2.56. The van der Waals surface area contributed by atoms with Gasteiger partial charge in [-0.2, -0.15) is 0 Å². The predicted octanol–water partition coefficient (Wildman–Crippen LogP) is 7.84. The molecule has 368 valence electrons. The van der Waals surface area contributed by atoms with E-state index in [2.05, 4.69) is 76.5 Å². The molecule has 0 bridgehead atoms. The summed E-state index contributed by atoms with van der Waals surface area (Å²) in [5.74, 6) is 2.39. The number of aromatic nitrogens is 1. The van der Waals surface area contributed by atoms with Crippen LogP contribution in [-0.2, 0) is 24.0 Å². The largest absolute Gasteiger partial charge is 0.507 e. The van der Waals surface area contributed by atoms with Crippen molar-refractivity contribution in [2.24, 2.45) is 5.92 Å². The summed E-state index contributed by atoms with van der Waals surface area (Å²) >= 11 is 0. The molecule has 2 aliphatic heterocycles. The number of methoxy groups -OCH3 is 1. The number of nitrogens with one attached hydrogen (secondary N) is 5. The minimum Gasteiger partial charge on any atom is -0.507 e. The molecule has 9 N–H and O–H groups in total. The van der Waals surface area contributed by atoms with E-state index in [1.807, 2.05) is 38.4 Å². The van der Waals surface area contributed by atoms with E-state index in [9.17, 15) is 20.4 Å². The number of aliphatic hydroxyl groups excluding tert-OH is 1. The monoisotopic (exact) mass is 942 g/mol. The van der Waals surface area contributed by atoms with Crippen molar-refractivity contribution in [3.63, 3.8) is 0 Å². The second-order valence-electron chi connectivity index (χ2n) is 21.0. The zero-order valence-electron chi connectivity index (χ0n) is 40.8. The molecule has 1 saturated carbocycles. The molecule has 0 unspecified atom stereocenters. The number of likely N-dealkylation sites (N-methyl/N-ethyl adjacent to an activating group) is 1. The Bertz CT molecular complexity index is 2710. The Morgan fingerprint density at radius 3 is 2.52 bits per heavy atom. The van der Waals surface area contributed by atoms with Crippen molar-refractivity contribution < 1.29 is 39.4 Å². The molecule has 1 fully saturated rings. The number of aromatic hydroxyl groups is 2. The molecule has 13 nitrogen and oxygen atoms in total. The van der Waals surface area contributed by atoms with Crippen LogP contribution >= 0.6 is 0 Å². The maximum absolute atomic E-state index is 11.7. The fraction of sp³-hybridized carbons (Fsp3) is 0.500. The molecule has 0 spiro atoms. The molecular weight excluding hydrogens is 871 g/mol. The normalized spacial score (nSPS) is 23.6. The Kier molecular flexibility index (Phi) is 13.5. The number of hydrogen-bond acceptors (Lipinski definition) is 12. The first-order chi connectivity index (χ1) is 33.4. The van der Waals surface area contributed by atoms with Gasteiger partial charge in [-0.05, 0) is 146 Å². The van der Waals surface area contributed by atoms with Crippen molar-refractivity contribution in [3.8, 4) is 39.9 Å². The van der Waals surface area contributed by atoms with E-state index < -0.39 is 23.4 Å². The number of phenols is 2. The van der Waals surface area contributed by atoms with Crippen LogP contribution in [0, 0.1) is 5.92 Å². The van der Waals surface area contributed by atoms with Crippen LogP contribution in [0.5, 0.6) is 28.7 Å². The first-order valence-electron chi connectivity index (χ1n) is 25.2. The van der Waals surface area contributed by atoms with Gasteiger partial charge in [-0.25, -0.2) is 0 Å². The van der Waals surface area contributed by atoms with Crippen molar-refractivity contribution >= 4 is 17.0 Å².